The van der Waals surface area contributed by atoms with Crippen molar-refractivity contribution >= 4 is 23.0 Å². The molecule has 7 heteroatoms. The number of nitrogens with zero attached hydrogens (tertiary/aromatic N) is 5. The highest BCUT2D eigenvalue weighted by Gasteiger charge is 2.28. The first-order valence-electron chi connectivity index (χ1n) is 9.99. The third-order valence-corrected chi connectivity index (χ3v) is 6.23. The molecular weight excluding hydrogens is 404 g/mol. The van der Waals surface area contributed by atoms with Gasteiger partial charge >= 0.3 is 0 Å². The predicted octanol–water partition coefficient (Wildman–Crippen LogP) is 5.25. The summed E-state index contributed by atoms with van der Waals surface area (Å²) >= 11 is 1.70. The second-order valence-corrected chi connectivity index (χ2v) is 8.18. The van der Waals surface area contributed by atoms with Crippen molar-refractivity contribution in [1.82, 2.24) is 24.5 Å². The molecule has 0 aliphatic carbocycles. The molecule has 1 N–H and O–H groups in total. The largest absolute Gasteiger partial charge is 0.323 e. The molecule has 1 aliphatic heterocycles. The molecule has 6 rings (SSSR count). The number of nitrogens with one attached hydrogen (secondary N) is 1. The van der Waals surface area contributed by atoms with Gasteiger partial charge in [0, 0.05) is 17.3 Å². The van der Waals surface area contributed by atoms with E-state index in [9.17, 15) is 0 Å². The lowest BCUT2D eigenvalue weighted by molar-refractivity contribution is 0.613. The Kier molecular flexibility index (Phi) is 4.25. The molecule has 0 spiro atoms. The minimum atomic E-state index is -0.136. The maximum atomic E-state index is 4.98. The monoisotopic (exact) mass is 422 g/mol. The molecule has 1 aliphatic rings. The van der Waals surface area contributed by atoms with Crippen LogP contribution in [0, 0.1) is 0 Å². The summed E-state index contributed by atoms with van der Waals surface area (Å²) in [6.45, 7) is 0. The van der Waals surface area contributed by atoms with Crippen LogP contribution in [0.4, 0.5) is 5.95 Å². The summed E-state index contributed by atoms with van der Waals surface area (Å²) in [4.78, 5) is 5.60. The van der Waals surface area contributed by atoms with Crippen LogP contribution in [-0.2, 0) is 0 Å². The number of fused-ring (bicyclic) bond motifs is 1. The van der Waals surface area contributed by atoms with Gasteiger partial charge in [0.25, 0.3) is 0 Å². The molecule has 0 bridgehead atoms. The van der Waals surface area contributed by atoms with Crippen LogP contribution in [0.1, 0.15) is 16.5 Å². The van der Waals surface area contributed by atoms with E-state index in [1.54, 1.807) is 17.7 Å². The third kappa shape index (κ3) is 3.15. The van der Waals surface area contributed by atoms with Crippen molar-refractivity contribution in [2.24, 2.45) is 0 Å². The Balaban J connectivity index is 1.56. The second-order valence-electron chi connectivity index (χ2n) is 7.23. The Labute approximate surface area is 183 Å². The first kappa shape index (κ1) is 17.9. The summed E-state index contributed by atoms with van der Waals surface area (Å²) in [5.41, 5.74) is 5.11. The van der Waals surface area contributed by atoms with Gasteiger partial charge in [-0.25, -0.2) is 9.36 Å². The van der Waals surface area contributed by atoms with E-state index in [1.165, 1.54) is 0 Å². The predicted molar refractivity (Wildman–Crippen MR) is 123 cm³/mol. The van der Waals surface area contributed by atoms with Crippen LogP contribution in [0.3, 0.4) is 0 Å². The molecule has 2 aromatic carbocycles. The molecule has 150 valence electrons. The fourth-order valence-corrected chi connectivity index (χ4v) is 4.57. The highest BCUT2D eigenvalue weighted by atomic mass is 32.1. The Bertz CT molecular complexity index is 1350. The number of thiophene rings is 1. The molecule has 0 saturated carbocycles. The van der Waals surface area contributed by atoms with Crippen LogP contribution in [0.2, 0.25) is 0 Å². The van der Waals surface area contributed by atoms with Gasteiger partial charge in [-0.15, -0.1) is 11.3 Å². The van der Waals surface area contributed by atoms with E-state index in [0.717, 1.165) is 39.0 Å². The molecule has 0 fully saturated rings. The lowest BCUT2D eigenvalue weighted by Gasteiger charge is -2.23. The first-order chi connectivity index (χ1) is 15.4. The van der Waals surface area contributed by atoms with E-state index in [-0.39, 0.29) is 6.04 Å². The van der Waals surface area contributed by atoms with Crippen LogP contribution in [0.5, 0.6) is 0 Å². The number of hydrogen-bond acceptors (Lipinski definition) is 5. The number of aromatic nitrogens is 5. The molecule has 3 aromatic heterocycles. The minimum Gasteiger partial charge on any atom is -0.323 e. The summed E-state index contributed by atoms with van der Waals surface area (Å²) in [6.07, 6.45) is 5.89. The Morgan fingerprint density at radius 1 is 0.903 bits per heavy atom. The standard InChI is InChI=1S/C24H18N6S/c1-3-8-17(9-4-1)23-19(15-29(28-23)18-10-5-2-6-11-18)21-14-20(22-12-7-13-31-22)27-24-25-16-26-30(21)24/h1-16,21H,(H,25,26,27)/t21-/m0/s1. The number of hydrogen-bond donors (Lipinski definition) is 1. The Hall–Kier alpha value is -3.97. The van der Waals surface area contributed by atoms with Gasteiger partial charge in [-0.2, -0.15) is 15.2 Å². The van der Waals surface area contributed by atoms with E-state index < -0.39 is 0 Å². The molecule has 31 heavy (non-hydrogen) atoms. The maximum Gasteiger partial charge on any atom is 0.226 e. The van der Waals surface area contributed by atoms with E-state index in [1.807, 2.05) is 45.8 Å². The van der Waals surface area contributed by atoms with Crippen molar-refractivity contribution in [2.45, 2.75) is 6.04 Å². The average molecular weight is 423 g/mol. The van der Waals surface area contributed by atoms with Gasteiger partial charge in [-0.1, -0.05) is 54.6 Å². The third-order valence-electron chi connectivity index (χ3n) is 5.32. The number of allylic oxidation sites excluding steroid dienone is 1. The highest BCUT2D eigenvalue weighted by molar-refractivity contribution is 7.11. The zero-order valence-corrected chi connectivity index (χ0v) is 17.3. The van der Waals surface area contributed by atoms with E-state index in [0.29, 0.717) is 0 Å². The van der Waals surface area contributed by atoms with Gasteiger partial charge in [0.2, 0.25) is 5.95 Å². The minimum absolute atomic E-state index is 0.136. The lowest BCUT2D eigenvalue weighted by atomic mass is 10.0. The lowest BCUT2D eigenvalue weighted by Crippen LogP contribution is -2.20. The number of anilines is 1. The SMILES string of the molecule is C1=C(c2cccs2)Nc2ncnn2[C@@H]1c1cn(-c2ccccc2)nc1-c1ccccc1. The number of benzene rings is 2. The number of para-hydroxylation sites is 1. The second kappa shape index (κ2) is 7.37. The fraction of sp³-hybridized carbons (Fsp3) is 0.0417. The Morgan fingerprint density at radius 3 is 2.48 bits per heavy atom. The summed E-state index contributed by atoms with van der Waals surface area (Å²) in [6, 6.07) is 24.5. The summed E-state index contributed by atoms with van der Waals surface area (Å²) in [5.74, 6) is 0.724. The zero-order chi connectivity index (χ0) is 20.6. The van der Waals surface area contributed by atoms with Crippen molar-refractivity contribution in [3.63, 3.8) is 0 Å². The van der Waals surface area contributed by atoms with Crippen molar-refractivity contribution in [3.05, 3.63) is 107 Å². The molecule has 0 unspecified atom stereocenters. The molecular formula is C24H18N6S. The van der Waals surface area contributed by atoms with Gasteiger partial charge in [0.1, 0.15) is 12.4 Å². The molecule has 4 heterocycles. The molecule has 6 nitrogen and oxygen atoms in total. The fourth-order valence-electron chi connectivity index (χ4n) is 3.87. The molecule has 0 radical (unpaired) electrons. The van der Waals surface area contributed by atoms with Crippen LogP contribution in [-0.4, -0.2) is 24.5 Å². The van der Waals surface area contributed by atoms with Crippen molar-refractivity contribution < 1.29 is 0 Å². The smallest absolute Gasteiger partial charge is 0.226 e. The van der Waals surface area contributed by atoms with Crippen LogP contribution < -0.4 is 5.32 Å². The van der Waals surface area contributed by atoms with E-state index in [2.05, 4.69) is 69.5 Å². The van der Waals surface area contributed by atoms with Gasteiger partial charge in [0.15, 0.2) is 0 Å². The average Bonchev–Trinajstić information content (AvgIpc) is 3.60. The van der Waals surface area contributed by atoms with Gasteiger partial charge in [-0.3, -0.25) is 0 Å². The van der Waals surface area contributed by atoms with Crippen molar-refractivity contribution in [1.29, 1.82) is 0 Å². The highest BCUT2D eigenvalue weighted by Crippen LogP contribution is 2.37. The van der Waals surface area contributed by atoms with E-state index in [4.69, 9.17) is 5.10 Å². The molecule has 1 atom stereocenters. The van der Waals surface area contributed by atoms with Gasteiger partial charge in [0.05, 0.1) is 22.0 Å². The van der Waals surface area contributed by atoms with Crippen molar-refractivity contribution in [2.75, 3.05) is 5.32 Å². The van der Waals surface area contributed by atoms with Gasteiger partial charge in [-0.05, 0) is 29.7 Å². The van der Waals surface area contributed by atoms with Crippen LogP contribution >= 0.6 is 11.3 Å². The van der Waals surface area contributed by atoms with Crippen LogP contribution in [0.15, 0.2) is 96.8 Å². The summed E-state index contributed by atoms with van der Waals surface area (Å²) in [7, 11) is 0. The van der Waals surface area contributed by atoms with E-state index >= 15 is 0 Å². The Morgan fingerprint density at radius 2 is 1.71 bits per heavy atom. The summed E-state index contributed by atoms with van der Waals surface area (Å²) in [5, 5.41) is 15.0. The van der Waals surface area contributed by atoms with Crippen molar-refractivity contribution in [3.8, 4) is 16.9 Å². The van der Waals surface area contributed by atoms with Gasteiger partial charge < -0.3 is 5.32 Å². The molecule has 0 amide bonds. The normalized spacial score (nSPS) is 15.2. The zero-order valence-electron chi connectivity index (χ0n) is 16.5. The van der Waals surface area contributed by atoms with Crippen LogP contribution in [0.25, 0.3) is 22.6 Å². The topological polar surface area (TPSA) is 60.6 Å². The first-order valence-corrected chi connectivity index (χ1v) is 10.9. The maximum absolute atomic E-state index is 4.98. The summed E-state index contributed by atoms with van der Waals surface area (Å²) < 4.78 is 3.85. The quantitative estimate of drug-likeness (QED) is 0.430. The number of rotatable bonds is 4. The molecule has 5 aromatic rings. The molecule has 0 saturated heterocycles.